The van der Waals surface area contributed by atoms with E-state index in [0.717, 1.165) is 49.3 Å². The molecule has 1 aliphatic heterocycles. The van der Waals surface area contributed by atoms with Gasteiger partial charge in [0.1, 0.15) is 11.6 Å². The third-order valence-corrected chi connectivity index (χ3v) is 5.67. The molecule has 0 radical (unpaired) electrons. The van der Waals surface area contributed by atoms with Crippen molar-refractivity contribution in [3.8, 4) is 0 Å². The van der Waals surface area contributed by atoms with Crippen LogP contribution >= 0.6 is 0 Å². The second kappa shape index (κ2) is 10.8. The maximum Gasteiger partial charge on any atom is 0.323 e. The fourth-order valence-corrected chi connectivity index (χ4v) is 3.97. The topological polar surface area (TPSA) is 73.5 Å². The minimum absolute atomic E-state index is 0.147. The van der Waals surface area contributed by atoms with Crippen molar-refractivity contribution in [3.63, 3.8) is 0 Å². The molecule has 1 aliphatic rings. The van der Waals surface area contributed by atoms with Crippen LogP contribution in [-0.4, -0.2) is 31.6 Å². The van der Waals surface area contributed by atoms with Gasteiger partial charge in [0.15, 0.2) is 0 Å². The summed E-state index contributed by atoms with van der Waals surface area (Å²) in [5, 5.41) is 7.94. The van der Waals surface area contributed by atoms with Gasteiger partial charge in [-0.15, -0.1) is 0 Å². The van der Waals surface area contributed by atoms with Gasteiger partial charge in [0.25, 0.3) is 5.91 Å². The first-order valence-electron chi connectivity index (χ1n) is 11.2. The number of carbonyl (C=O) groups excluding carboxylic acids is 2. The highest BCUT2D eigenvalue weighted by molar-refractivity contribution is 6.04. The fourth-order valence-electron chi connectivity index (χ4n) is 3.97. The number of amides is 3. The molecule has 3 amide bonds. The van der Waals surface area contributed by atoms with Crippen LogP contribution in [0, 0.1) is 11.6 Å². The molecule has 3 aromatic rings. The number of anilines is 3. The normalized spacial score (nSPS) is 12.9. The number of carbonyl (C=O) groups is 2. The van der Waals surface area contributed by atoms with E-state index in [2.05, 4.69) is 20.9 Å². The van der Waals surface area contributed by atoms with Crippen LogP contribution in [0.3, 0.4) is 0 Å². The summed E-state index contributed by atoms with van der Waals surface area (Å²) >= 11 is 0. The summed E-state index contributed by atoms with van der Waals surface area (Å²) in [5.41, 5.74) is 2.64. The summed E-state index contributed by atoms with van der Waals surface area (Å²) in [6.07, 6.45) is 2.82. The van der Waals surface area contributed by atoms with Gasteiger partial charge in [-0.1, -0.05) is 30.3 Å². The van der Waals surface area contributed by atoms with E-state index in [1.54, 1.807) is 12.1 Å². The molecular formula is C26H26F2N4O2. The Labute approximate surface area is 197 Å². The summed E-state index contributed by atoms with van der Waals surface area (Å²) in [5.74, 6) is -1.84. The molecular weight excluding hydrogens is 438 g/mol. The van der Waals surface area contributed by atoms with Crippen molar-refractivity contribution in [2.45, 2.75) is 19.3 Å². The van der Waals surface area contributed by atoms with Gasteiger partial charge in [-0.05, 0) is 55.2 Å². The van der Waals surface area contributed by atoms with E-state index in [-0.39, 0.29) is 11.6 Å². The minimum Gasteiger partial charge on any atom is -0.371 e. The van der Waals surface area contributed by atoms with Crippen molar-refractivity contribution in [1.82, 2.24) is 5.32 Å². The van der Waals surface area contributed by atoms with Crippen molar-refractivity contribution >= 4 is 29.0 Å². The Morgan fingerprint density at radius 1 is 0.882 bits per heavy atom. The molecule has 0 aromatic heterocycles. The lowest BCUT2D eigenvalue weighted by molar-refractivity contribution is 0.0954. The van der Waals surface area contributed by atoms with Gasteiger partial charge in [0.05, 0.1) is 11.3 Å². The maximum atomic E-state index is 13.8. The molecule has 1 heterocycles. The minimum atomic E-state index is -0.877. The number of hydrogen-bond acceptors (Lipinski definition) is 3. The standard InChI is InChI=1S/C26H26F2N4O2/c27-19-8-10-23(22(28)16-19)31-26(34)30-20-9-11-24(32-14-4-5-15-32)21(17-20)25(33)29-13-12-18-6-2-1-3-7-18/h1-3,6-11,16-17H,4-5,12-15H2,(H,29,33)(H2,30,31,34). The molecule has 3 aromatic carbocycles. The first-order valence-corrected chi connectivity index (χ1v) is 11.2. The zero-order valence-electron chi connectivity index (χ0n) is 18.6. The van der Waals surface area contributed by atoms with Crippen LogP contribution < -0.4 is 20.9 Å². The lowest BCUT2D eigenvalue weighted by Crippen LogP contribution is -2.29. The molecule has 1 saturated heterocycles. The third kappa shape index (κ3) is 5.89. The molecule has 0 saturated carbocycles. The van der Waals surface area contributed by atoms with Gasteiger partial charge in [-0.3, -0.25) is 4.79 Å². The average Bonchev–Trinajstić information content (AvgIpc) is 3.36. The maximum absolute atomic E-state index is 13.8. The fraction of sp³-hybridized carbons (Fsp3) is 0.231. The van der Waals surface area contributed by atoms with Gasteiger partial charge >= 0.3 is 6.03 Å². The molecule has 0 atom stereocenters. The predicted octanol–water partition coefficient (Wildman–Crippen LogP) is 5.18. The molecule has 34 heavy (non-hydrogen) atoms. The van der Waals surface area contributed by atoms with Crippen LogP contribution in [0.2, 0.25) is 0 Å². The van der Waals surface area contributed by atoms with Crippen LogP contribution in [0.4, 0.5) is 30.6 Å². The van der Waals surface area contributed by atoms with Crippen LogP contribution in [0.1, 0.15) is 28.8 Å². The van der Waals surface area contributed by atoms with Gasteiger partial charge in [0, 0.05) is 37.1 Å². The molecule has 6 nitrogen and oxygen atoms in total. The van der Waals surface area contributed by atoms with Crippen LogP contribution in [-0.2, 0) is 6.42 Å². The second-order valence-electron chi connectivity index (χ2n) is 8.12. The van der Waals surface area contributed by atoms with Gasteiger partial charge in [-0.2, -0.15) is 0 Å². The van der Waals surface area contributed by atoms with Crippen molar-refractivity contribution in [2.24, 2.45) is 0 Å². The zero-order valence-corrected chi connectivity index (χ0v) is 18.6. The summed E-state index contributed by atoms with van der Waals surface area (Å²) in [4.78, 5) is 27.6. The van der Waals surface area contributed by atoms with Gasteiger partial charge in [-0.25, -0.2) is 13.6 Å². The Bertz CT molecular complexity index is 1160. The number of urea groups is 1. The van der Waals surface area contributed by atoms with E-state index in [4.69, 9.17) is 0 Å². The SMILES string of the molecule is O=C(Nc1ccc(N2CCCC2)c(C(=O)NCCc2ccccc2)c1)Nc1ccc(F)cc1F. The van der Waals surface area contributed by atoms with E-state index in [9.17, 15) is 18.4 Å². The van der Waals surface area contributed by atoms with E-state index >= 15 is 0 Å². The number of benzene rings is 3. The van der Waals surface area contributed by atoms with Crippen LogP contribution in [0.15, 0.2) is 66.7 Å². The van der Waals surface area contributed by atoms with Gasteiger partial charge < -0.3 is 20.9 Å². The number of nitrogens with one attached hydrogen (secondary N) is 3. The van der Waals surface area contributed by atoms with Crippen LogP contribution in [0.5, 0.6) is 0 Å². The van der Waals surface area contributed by atoms with Crippen molar-refractivity contribution < 1.29 is 18.4 Å². The summed E-state index contributed by atoms with van der Waals surface area (Å²) < 4.78 is 26.9. The smallest absolute Gasteiger partial charge is 0.323 e. The van der Waals surface area contributed by atoms with Crippen molar-refractivity contribution in [2.75, 3.05) is 35.2 Å². The largest absolute Gasteiger partial charge is 0.371 e. The molecule has 0 bridgehead atoms. The highest BCUT2D eigenvalue weighted by atomic mass is 19.1. The molecule has 0 spiro atoms. The lowest BCUT2D eigenvalue weighted by Gasteiger charge is -2.22. The monoisotopic (exact) mass is 464 g/mol. The first-order chi connectivity index (χ1) is 16.5. The summed E-state index contributed by atoms with van der Waals surface area (Å²) in [6, 6.07) is 17.2. The molecule has 3 N–H and O–H groups in total. The summed E-state index contributed by atoms with van der Waals surface area (Å²) in [6.45, 7) is 2.20. The van der Waals surface area contributed by atoms with E-state index in [1.165, 1.54) is 0 Å². The van der Waals surface area contributed by atoms with Crippen LogP contribution in [0.25, 0.3) is 0 Å². The molecule has 0 unspecified atom stereocenters. The van der Waals surface area contributed by atoms with Crippen molar-refractivity contribution in [1.29, 1.82) is 0 Å². The molecule has 8 heteroatoms. The highest BCUT2D eigenvalue weighted by Gasteiger charge is 2.20. The molecule has 176 valence electrons. The zero-order chi connectivity index (χ0) is 23.9. The number of rotatable bonds is 7. The Morgan fingerprint density at radius 2 is 1.65 bits per heavy atom. The Morgan fingerprint density at radius 3 is 2.38 bits per heavy atom. The number of hydrogen-bond donors (Lipinski definition) is 3. The second-order valence-corrected chi connectivity index (χ2v) is 8.12. The Kier molecular flexibility index (Phi) is 7.37. The van der Waals surface area contributed by atoms with E-state index in [1.807, 2.05) is 36.4 Å². The lowest BCUT2D eigenvalue weighted by atomic mass is 10.1. The molecule has 4 rings (SSSR count). The highest BCUT2D eigenvalue weighted by Crippen LogP contribution is 2.28. The number of nitrogens with zero attached hydrogens (tertiary/aromatic N) is 1. The number of halogens is 2. The summed E-state index contributed by atoms with van der Waals surface area (Å²) in [7, 11) is 0. The quantitative estimate of drug-likeness (QED) is 0.451. The first kappa shape index (κ1) is 23.2. The Balaban J connectivity index is 1.47. The van der Waals surface area contributed by atoms with E-state index < -0.39 is 17.7 Å². The van der Waals surface area contributed by atoms with Gasteiger partial charge in [0.2, 0.25) is 0 Å². The van der Waals surface area contributed by atoms with Crippen molar-refractivity contribution in [3.05, 3.63) is 89.5 Å². The predicted molar refractivity (Wildman–Crippen MR) is 129 cm³/mol. The Hall–Kier alpha value is -3.94. The third-order valence-electron chi connectivity index (χ3n) is 5.67. The molecule has 1 fully saturated rings. The van der Waals surface area contributed by atoms with E-state index in [0.29, 0.717) is 30.3 Å². The average molecular weight is 465 g/mol. The molecule has 0 aliphatic carbocycles.